The van der Waals surface area contributed by atoms with E-state index in [9.17, 15) is 15.2 Å². The number of hydrogen-bond donors (Lipinski definition) is 1. The van der Waals surface area contributed by atoms with Gasteiger partial charge in [-0.2, -0.15) is 0 Å². The molecule has 30 heavy (non-hydrogen) atoms. The van der Waals surface area contributed by atoms with Gasteiger partial charge in [0.15, 0.2) is 0 Å². The molecule has 1 N–H and O–H groups in total. The van der Waals surface area contributed by atoms with Crippen LogP contribution in [0, 0.1) is 10.1 Å². The van der Waals surface area contributed by atoms with E-state index in [1.165, 1.54) is 6.08 Å². The largest absolute Gasteiger partial charge is 0.507 e. The monoisotopic (exact) mass is 524 g/mol. The van der Waals surface area contributed by atoms with Crippen LogP contribution in [0.4, 0.5) is 5.69 Å². The van der Waals surface area contributed by atoms with Crippen LogP contribution >= 0.6 is 31.9 Å². The van der Waals surface area contributed by atoms with Crippen molar-refractivity contribution in [1.29, 1.82) is 0 Å². The number of hydrogen-bond acceptors (Lipinski definition) is 4. The molecule has 1 heterocycles. The predicted molar refractivity (Wildman–Crippen MR) is 126 cm³/mol. The van der Waals surface area contributed by atoms with Gasteiger partial charge < -0.3 is 5.11 Å². The van der Waals surface area contributed by atoms with Crippen LogP contribution in [-0.4, -0.2) is 15.0 Å². The van der Waals surface area contributed by atoms with Crippen LogP contribution in [0.3, 0.4) is 0 Å². The number of nitrogens with zero attached hydrogens (tertiary/aromatic N) is 2. The summed E-state index contributed by atoms with van der Waals surface area (Å²) in [7, 11) is 0. The van der Waals surface area contributed by atoms with E-state index in [0.717, 1.165) is 8.95 Å². The number of fused-ring (bicyclic) bond motifs is 1. The fourth-order valence-corrected chi connectivity index (χ4v) is 3.89. The number of halogens is 2. The topological polar surface area (TPSA) is 76.3 Å². The van der Waals surface area contributed by atoms with E-state index in [0.29, 0.717) is 27.6 Å². The van der Waals surface area contributed by atoms with Gasteiger partial charge in [-0.25, -0.2) is 4.98 Å². The van der Waals surface area contributed by atoms with Gasteiger partial charge in [0, 0.05) is 26.0 Å². The van der Waals surface area contributed by atoms with Crippen molar-refractivity contribution >= 4 is 60.3 Å². The molecule has 3 aromatic carbocycles. The molecule has 0 saturated carbocycles. The zero-order valence-electron chi connectivity index (χ0n) is 15.4. The third-order valence-corrected chi connectivity index (χ3v) is 5.63. The highest BCUT2D eigenvalue weighted by molar-refractivity contribution is 9.10. The Hall–Kier alpha value is -3.03. The van der Waals surface area contributed by atoms with Gasteiger partial charge in [-0.15, -0.1) is 0 Å². The zero-order chi connectivity index (χ0) is 21.3. The Bertz CT molecular complexity index is 1290. The van der Waals surface area contributed by atoms with Crippen LogP contribution in [0.1, 0.15) is 11.3 Å². The number of nitro groups is 1. The molecule has 0 radical (unpaired) electrons. The van der Waals surface area contributed by atoms with Crippen LogP contribution in [0.2, 0.25) is 0 Å². The molecule has 0 saturated heterocycles. The van der Waals surface area contributed by atoms with E-state index in [1.807, 2.05) is 42.5 Å². The molecule has 0 aliphatic heterocycles. The van der Waals surface area contributed by atoms with E-state index < -0.39 is 4.92 Å². The highest BCUT2D eigenvalue weighted by Gasteiger charge is 2.25. The van der Waals surface area contributed by atoms with E-state index in [1.54, 1.807) is 30.3 Å². The predicted octanol–water partition coefficient (Wildman–Crippen LogP) is 7.39. The number of benzene rings is 3. The molecular weight excluding hydrogens is 512 g/mol. The second kappa shape index (κ2) is 8.38. The maximum Gasteiger partial charge on any atom is 0.303 e. The number of aromatic nitrogens is 1. The summed E-state index contributed by atoms with van der Waals surface area (Å²) in [6.07, 6.45) is 1.34. The first kappa shape index (κ1) is 20.3. The van der Waals surface area contributed by atoms with Gasteiger partial charge in [-0.1, -0.05) is 74.3 Å². The third kappa shape index (κ3) is 3.99. The average Bonchev–Trinajstić information content (AvgIpc) is 2.74. The van der Waals surface area contributed by atoms with Crippen molar-refractivity contribution in [3.8, 4) is 11.1 Å². The number of aliphatic hydroxyl groups is 1. The van der Waals surface area contributed by atoms with Crippen molar-refractivity contribution in [3.63, 3.8) is 0 Å². The van der Waals surface area contributed by atoms with Crippen molar-refractivity contribution in [2.75, 3.05) is 0 Å². The lowest BCUT2D eigenvalue weighted by Crippen LogP contribution is -2.00. The van der Waals surface area contributed by atoms with Crippen LogP contribution in [-0.2, 0) is 0 Å². The Kier molecular flexibility index (Phi) is 5.65. The lowest BCUT2D eigenvalue weighted by Gasteiger charge is -2.11. The molecule has 4 aromatic rings. The Balaban J connectivity index is 2.04. The fourth-order valence-electron chi connectivity index (χ4n) is 3.26. The minimum Gasteiger partial charge on any atom is -0.507 e. The van der Waals surface area contributed by atoms with Crippen molar-refractivity contribution in [3.05, 3.63) is 103 Å². The SMILES string of the molecule is O=[N+]([O-])c1c(C=C(O)c2ccc(Br)cc2)nc2ccc(Br)cc2c1-c1ccccc1. The van der Waals surface area contributed by atoms with Gasteiger partial charge >= 0.3 is 5.69 Å². The summed E-state index contributed by atoms with van der Waals surface area (Å²) in [4.78, 5) is 16.2. The third-order valence-electron chi connectivity index (χ3n) is 4.61. The molecular formula is C23H14Br2N2O3. The molecule has 0 bridgehead atoms. The molecule has 4 rings (SSSR count). The maximum absolute atomic E-state index is 12.1. The first-order chi connectivity index (χ1) is 14.4. The zero-order valence-corrected chi connectivity index (χ0v) is 18.6. The quantitative estimate of drug-likeness (QED) is 0.171. The van der Waals surface area contributed by atoms with E-state index in [-0.39, 0.29) is 17.1 Å². The molecule has 0 fully saturated rings. The van der Waals surface area contributed by atoms with Crippen LogP contribution < -0.4 is 0 Å². The first-order valence-electron chi connectivity index (χ1n) is 8.93. The van der Waals surface area contributed by atoms with Gasteiger partial charge in [0.2, 0.25) is 0 Å². The first-order valence-corrected chi connectivity index (χ1v) is 10.5. The highest BCUT2D eigenvalue weighted by Crippen LogP contribution is 2.40. The Morgan fingerprint density at radius 1 is 0.967 bits per heavy atom. The van der Waals surface area contributed by atoms with E-state index in [2.05, 4.69) is 36.8 Å². The second-order valence-electron chi connectivity index (χ2n) is 6.54. The minimum atomic E-state index is -0.448. The molecule has 5 nitrogen and oxygen atoms in total. The van der Waals surface area contributed by atoms with E-state index >= 15 is 0 Å². The summed E-state index contributed by atoms with van der Waals surface area (Å²) in [5.41, 5.74) is 2.22. The van der Waals surface area contributed by atoms with Crippen molar-refractivity contribution in [2.24, 2.45) is 0 Å². The van der Waals surface area contributed by atoms with Crippen molar-refractivity contribution < 1.29 is 10.0 Å². The number of rotatable bonds is 4. The van der Waals surface area contributed by atoms with Crippen molar-refractivity contribution in [1.82, 2.24) is 4.98 Å². The summed E-state index contributed by atoms with van der Waals surface area (Å²) >= 11 is 6.80. The minimum absolute atomic E-state index is 0.0918. The van der Waals surface area contributed by atoms with Crippen LogP contribution in [0.15, 0.2) is 81.7 Å². The fraction of sp³-hybridized carbons (Fsp3) is 0. The molecule has 7 heteroatoms. The summed E-state index contributed by atoms with van der Waals surface area (Å²) in [6.45, 7) is 0. The lowest BCUT2D eigenvalue weighted by atomic mass is 9.97. The average molecular weight is 526 g/mol. The van der Waals surface area contributed by atoms with Gasteiger partial charge in [0.05, 0.1) is 16.0 Å². The van der Waals surface area contributed by atoms with Crippen LogP contribution in [0.25, 0.3) is 33.9 Å². The second-order valence-corrected chi connectivity index (χ2v) is 8.37. The maximum atomic E-state index is 12.1. The summed E-state index contributed by atoms with van der Waals surface area (Å²) in [6, 6.07) is 21.6. The summed E-state index contributed by atoms with van der Waals surface area (Å²) in [5.74, 6) is -0.103. The van der Waals surface area contributed by atoms with Gasteiger partial charge in [0.25, 0.3) is 0 Å². The Morgan fingerprint density at radius 2 is 1.63 bits per heavy atom. The smallest absolute Gasteiger partial charge is 0.303 e. The standard InChI is InChI=1S/C23H14Br2N2O3/c24-16-8-6-14(7-9-16)21(28)13-20-23(27(29)30)22(15-4-2-1-3-5-15)18-12-17(25)10-11-19(18)26-20/h1-13,28H. The Labute approximate surface area is 189 Å². The molecule has 0 atom stereocenters. The normalized spacial score (nSPS) is 11.6. The summed E-state index contributed by atoms with van der Waals surface area (Å²) in [5, 5.41) is 23.4. The molecule has 1 aromatic heterocycles. The highest BCUT2D eigenvalue weighted by atomic mass is 79.9. The molecule has 148 valence electrons. The number of aliphatic hydroxyl groups excluding tert-OH is 1. The Morgan fingerprint density at radius 3 is 2.30 bits per heavy atom. The molecule has 0 spiro atoms. The molecule has 0 unspecified atom stereocenters. The van der Waals surface area contributed by atoms with Gasteiger partial charge in [-0.05, 0) is 35.9 Å². The molecule has 0 amide bonds. The van der Waals surface area contributed by atoms with E-state index in [4.69, 9.17) is 0 Å². The lowest BCUT2D eigenvalue weighted by molar-refractivity contribution is -0.384. The van der Waals surface area contributed by atoms with Crippen LogP contribution in [0.5, 0.6) is 0 Å². The molecule has 0 aliphatic rings. The van der Waals surface area contributed by atoms with Gasteiger partial charge in [0.1, 0.15) is 11.5 Å². The number of pyridine rings is 1. The molecule has 0 aliphatic carbocycles. The van der Waals surface area contributed by atoms with Gasteiger partial charge in [-0.3, -0.25) is 10.1 Å². The summed E-state index contributed by atoms with van der Waals surface area (Å²) < 4.78 is 1.66. The van der Waals surface area contributed by atoms with Crippen molar-refractivity contribution in [2.45, 2.75) is 0 Å².